The van der Waals surface area contributed by atoms with Crippen LogP contribution in [-0.2, 0) is 65.1 Å². The number of aliphatic carboxylic acids is 1. The Balaban J connectivity index is 0.916. The van der Waals surface area contributed by atoms with E-state index < -0.39 is 5.97 Å². The van der Waals surface area contributed by atoms with Gasteiger partial charge < -0.3 is 77.5 Å². The molecule has 3 aromatic rings. The molecule has 3 heterocycles. The van der Waals surface area contributed by atoms with Crippen LogP contribution in [0.15, 0.2) is 18.2 Å². The van der Waals surface area contributed by atoms with Crippen molar-refractivity contribution in [3.05, 3.63) is 24.0 Å². The molecular formula is C47H81N7O12. The van der Waals surface area contributed by atoms with Gasteiger partial charge in [0.15, 0.2) is 5.82 Å². The molecule has 19 heteroatoms. The first-order valence-electron chi connectivity index (χ1n) is 24.1. The van der Waals surface area contributed by atoms with Gasteiger partial charge in [0.25, 0.3) is 0 Å². The van der Waals surface area contributed by atoms with Gasteiger partial charge in [-0.05, 0) is 58.1 Å². The minimum Gasteiger partial charge on any atom is -0.481 e. The quantitative estimate of drug-likeness (QED) is 0.0782. The van der Waals surface area contributed by atoms with Crippen molar-refractivity contribution in [2.45, 2.75) is 52.0 Å². The summed E-state index contributed by atoms with van der Waals surface area (Å²) >= 11 is 0. The van der Waals surface area contributed by atoms with Gasteiger partial charge in [-0.2, -0.15) is 0 Å². The highest BCUT2D eigenvalue weighted by Crippen LogP contribution is 2.32. The van der Waals surface area contributed by atoms with Gasteiger partial charge in [-0.3, -0.25) is 4.79 Å². The first-order chi connectivity index (χ1) is 32.4. The van der Waals surface area contributed by atoms with E-state index in [0.717, 1.165) is 106 Å². The van der Waals surface area contributed by atoms with Crippen molar-refractivity contribution in [1.82, 2.24) is 24.3 Å². The number of aromatic nitrogens is 3. The van der Waals surface area contributed by atoms with E-state index >= 15 is 0 Å². The van der Waals surface area contributed by atoms with E-state index in [1.807, 2.05) is 0 Å². The van der Waals surface area contributed by atoms with Crippen LogP contribution in [0.5, 0.6) is 0 Å². The molecule has 66 heavy (non-hydrogen) atoms. The Labute approximate surface area is 392 Å². The summed E-state index contributed by atoms with van der Waals surface area (Å²) in [4.78, 5) is 27.4. The van der Waals surface area contributed by atoms with E-state index in [0.29, 0.717) is 131 Å². The molecule has 0 radical (unpaired) electrons. The zero-order chi connectivity index (χ0) is 46.9. The molecule has 1 aliphatic heterocycles. The first-order valence-corrected chi connectivity index (χ1v) is 24.1. The number of carbonyl (C=O) groups is 1. The molecule has 0 aliphatic carbocycles. The van der Waals surface area contributed by atoms with Gasteiger partial charge in [0.2, 0.25) is 0 Å². The van der Waals surface area contributed by atoms with Crippen molar-refractivity contribution in [2.24, 2.45) is 0 Å². The third-order valence-electron chi connectivity index (χ3n) is 11.0. The van der Waals surface area contributed by atoms with E-state index in [9.17, 15) is 4.79 Å². The maximum Gasteiger partial charge on any atom is 0.305 e. The van der Waals surface area contributed by atoms with Crippen LogP contribution in [0.1, 0.15) is 44.9 Å². The van der Waals surface area contributed by atoms with E-state index in [4.69, 9.17) is 68.2 Å². The standard InChI is InChI=1S/C47H81N7O12/c1-4-5-8-43-50-45-46(41-39-40(9-10-42(41)49-47(45)48)53-16-14-52(3)15-17-53)54(43)13-7-6-12-51(2)18-20-58-22-24-60-26-28-62-30-32-64-34-36-66-38-37-65-35-33-63-31-29-61-27-25-59-23-21-57-19-11-44(55)56/h9-10,39H,4-8,11-38H2,1-3H3,(H2,48,49)(H,55,56). The highest BCUT2D eigenvalue weighted by atomic mass is 16.6. The molecule has 376 valence electrons. The second kappa shape index (κ2) is 34.9. The van der Waals surface area contributed by atoms with Gasteiger partial charge in [-0.1, -0.05) is 13.3 Å². The number of unbranched alkanes of at least 4 members (excludes halogenated alkanes) is 2. The van der Waals surface area contributed by atoms with Gasteiger partial charge >= 0.3 is 5.97 Å². The Morgan fingerprint density at radius 2 is 1.14 bits per heavy atom. The highest BCUT2D eigenvalue weighted by molar-refractivity contribution is 6.07. The molecule has 2 aromatic heterocycles. The number of nitrogen functional groups attached to an aromatic ring is 1. The maximum atomic E-state index is 10.4. The first kappa shape index (κ1) is 55.3. The predicted molar refractivity (Wildman–Crippen MR) is 255 cm³/mol. The second-order valence-electron chi connectivity index (χ2n) is 16.2. The van der Waals surface area contributed by atoms with Crippen molar-refractivity contribution in [3.63, 3.8) is 0 Å². The average Bonchev–Trinajstić information content (AvgIpc) is 3.69. The Kier molecular flexibility index (Phi) is 29.2. The molecule has 19 nitrogen and oxygen atoms in total. The number of carboxylic acids is 1. The van der Waals surface area contributed by atoms with Gasteiger partial charge in [-0.25, -0.2) is 9.97 Å². The smallest absolute Gasteiger partial charge is 0.305 e. The van der Waals surface area contributed by atoms with E-state index in [-0.39, 0.29) is 13.0 Å². The van der Waals surface area contributed by atoms with Crippen LogP contribution < -0.4 is 10.6 Å². The molecule has 1 saturated heterocycles. The van der Waals surface area contributed by atoms with Crippen LogP contribution >= 0.6 is 0 Å². The molecular weight excluding hydrogens is 855 g/mol. The number of imidazole rings is 1. The highest BCUT2D eigenvalue weighted by Gasteiger charge is 2.20. The zero-order valence-corrected chi connectivity index (χ0v) is 40.3. The number of pyridine rings is 1. The summed E-state index contributed by atoms with van der Waals surface area (Å²) in [6.07, 6.45) is 5.25. The van der Waals surface area contributed by atoms with Gasteiger partial charge in [0.05, 0.1) is 150 Å². The fourth-order valence-electron chi connectivity index (χ4n) is 7.20. The molecule has 0 saturated carbocycles. The number of likely N-dealkylation sites (N-methyl/N-ethyl adjacent to an activating group) is 2. The third-order valence-corrected chi connectivity index (χ3v) is 11.0. The van der Waals surface area contributed by atoms with Crippen LogP contribution in [0.3, 0.4) is 0 Å². The van der Waals surface area contributed by atoms with Crippen molar-refractivity contribution < 1.29 is 57.3 Å². The lowest BCUT2D eigenvalue weighted by atomic mass is 10.1. The number of anilines is 2. The topological polar surface area (TPSA) is 196 Å². The second-order valence-corrected chi connectivity index (χ2v) is 16.2. The number of aryl methyl sites for hydroxylation is 2. The normalized spacial score (nSPS) is 13.6. The summed E-state index contributed by atoms with van der Waals surface area (Å²) in [6, 6.07) is 6.61. The molecule has 0 atom stereocenters. The summed E-state index contributed by atoms with van der Waals surface area (Å²) in [5, 5.41) is 9.67. The van der Waals surface area contributed by atoms with Crippen molar-refractivity contribution >= 4 is 39.4 Å². The summed E-state index contributed by atoms with van der Waals surface area (Å²) in [7, 11) is 4.34. The lowest BCUT2D eigenvalue weighted by Gasteiger charge is -2.34. The minimum absolute atomic E-state index is 0.00419. The van der Waals surface area contributed by atoms with E-state index in [2.05, 4.69) is 58.5 Å². The Morgan fingerprint density at radius 1 is 0.652 bits per heavy atom. The molecule has 1 aliphatic rings. The number of ether oxygens (including phenoxy) is 10. The number of nitrogens with zero attached hydrogens (tertiary/aromatic N) is 6. The fourth-order valence-corrected chi connectivity index (χ4v) is 7.20. The number of nitrogens with two attached hydrogens (primary N) is 1. The fraction of sp³-hybridized carbons (Fsp3) is 0.766. The molecule has 0 bridgehead atoms. The zero-order valence-electron chi connectivity index (χ0n) is 40.3. The Bertz CT molecular complexity index is 1710. The lowest BCUT2D eigenvalue weighted by molar-refractivity contribution is -0.138. The van der Waals surface area contributed by atoms with Crippen LogP contribution in [0.2, 0.25) is 0 Å². The van der Waals surface area contributed by atoms with Gasteiger partial charge in [0, 0.05) is 56.8 Å². The largest absolute Gasteiger partial charge is 0.481 e. The van der Waals surface area contributed by atoms with E-state index in [1.165, 1.54) is 5.69 Å². The Morgan fingerprint density at radius 3 is 1.62 bits per heavy atom. The van der Waals surface area contributed by atoms with Gasteiger partial charge in [0.1, 0.15) is 11.3 Å². The van der Waals surface area contributed by atoms with E-state index in [1.54, 1.807) is 0 Å². The number of hydrogen-bond acceptors (Lipinski definition) is 17. The number of carboxylic acid groups (broad SMARTS) is 1. The minimum atomic E-state index is -0.874. The number of hydrogen-bond donors (Lipinski definition) is 2. The monoisotopic (exact) mass is 936 g/mol. The molecule has 4 rings (SSSR count). The summed E-state index contributed by atoms with van der Waals surface area (Å²) in [5.41, 5.74) is 10.7. The average molecular weight is 936 g/mol. The van der Waals surface area contributed by atoms with Crippen molar-refractivity contribution in [2.75, 3.05) is 196 Å². The van der Waals surface area contributed by atoms with Crippen LogP contribution in [0.25, 0.3) is 21.9 Å². The Hall–Kier alpha value is -3.31. The maximum absolute atomic E-state index is 10.4. The summed E-state index contributed by atoms with van der Waals surface area (Å²) < 4.78 is 57.5. The van der Waals surface area contributed by atoms with Crippen molar-refractivity contribution in [3.8, 4) is 0 Å². The number of rotatable bonds is 42. The lowest BCUT2D eigenvalue weighted by Crippen LogP contribution is -2.44. The van der Waals surface area contributed by atoms with Crippen LogP contribution in [0, 0.1) is 0 Å². The molecule has 0 unspecified atom stereocenters. The molecule has 3 N–H and O–H groups in total. The molecule has 0 spiro atoms. The molecule has 1 fully saturated rings. The molecule has 0 amide bonds. The number of piperazine rings is 1. The van der Waals surface area contributed by atoms with Crippen LogP contribution in [0.4, 0.5) is 11.5 Å². The third kappa shape index (κ3) is 22.7. The number of benzene rings is 1. The van der Waals surface area contributed by atoms with Crippen LogP contribution in [-0.4, -0.2) is 221 Å². The SMILES string of the molecule is CCCCc1nc2c(N)nc3ccc(N4CCN(C)CC4)cc3c2n1CCCCN(C)CCOCCOCCOCCOCCOCCOCCOCCOCCOCCOCCC(=O)O. The predicted octanol–water partition coefficient (Wildman–Crippen LogP) is 3.61. The van der Waals surface area contributed by atoms with Crippen molar-refractivity contribution in [1.29, 1.82) is 0 Å². The number of fused-ring (bicyclic) bond motifs is 3. The van der Waals surface area contributed by atoms with Gasteiger partial charge in [-0.15, -0.1) is 0 Å². The molecule has 1 aromatic carbocycles. The summed E-state index contributed by atoms with van der Waals surface area (Å²) in [5.74, 6) is 0.745. The summed E-state index contributed by atoms with van der Waals surface area (Å²) in [6.45, 7) is 18.7.